The molecule has 0 aliphatic carbocycles. The molecule has 1 heterocycles. The molecule has 5 heteroatoms. The molecule has 0 bridgehead atoms. The van der Waals surface area contributed by atoms with E-state index in [2.05, 4.69) is 15.6 Å². The number of carbonyl (C=O) groups excluding carboxylic acids is 1. The molecule has 0 saturated heterocycles. The van der Waals surface area contributed by atoms with Crippen molar-refractivity contribution in [3.8, 4) is 0 Å². The van der Waals surface area contributed by atoms with Crippen molar-refractivity contribution < 1.29 is 4.79 Å². The molecule has 94 valence electrons. The number of pyridine rings is 1. The number of likely N-dealkylation sites (N-methyl/N-ethyl adjacent to an activating group) is 1. The lowest BCUT2D eigenvalue weighted by molar-refractivity contribution is -0.119. The Morgan fingerprint density at radius 3 is 2.94 bits per heavy atom. The molecule has 0 aliphatic rings. The zero-order valence-electron chi connectivity index (χ0n) is 10.2. The van der Waals surface area contributed by atoms with Gasteiger partial charge in [-0.1, -0.05) is 0 Å². The number of fused-ring (bicyclic) bond motifs is 1. The Hall–Kier alpha value is -2.30. The Morgan fingerprint density at radius 2 is 2.17 bits per heavy atom. The van der Waals surface area contributed by atoms with Gasteiger partial charge >= 0.3 is 0 Å². The predicted octanol–water partition coefficient (Wildman–Crippen LogP) is 1.36. The van der Waals surface area contributed by atoms with E-state index >= 15 is 0 Å². The summed E-state index contributed by atoms with van der Waals surface area (Å²) in [5, 5.41) is 7.70. The lowest BCUT2D eigenvalue weighted by Crippen LogP contribution is -2.29. The molecule has 2 rings (SSSR count). The minimum atomic E-state index is -0.0310. The van der Waals surface area contributed by atoms with Gasteiger partial charge in [0.25, 0.3) is 0 Å². The molecule has 0 saturated carbocycles. The van der Waals surface area contributed by atoms with Crippen molar-refractivity contribution in [1.82, 2.24) is 10.3 Å². The van der Waals surface area contributed by atoms with Gasteiger partial charge in [-0.05, 0) is 25.1 Å². The van der Waals surface area contributed by atoms with Crippen molar-refractivity contribution in [2.45, 2.75) is 6.92 Å². The van der Waals surface area contributed by atoms with Gasteiger partial charge < -0.3 is 16.4 Å². The number of benzene rings is 1. The van der Waals surface area contributed by atoms with Crippen LogP contribution in [0.15, 0.2) is 30.6 Å². The van der Waals surface area contributed by atoms with Crippen LogP contribution in [-0.2, 0) is 4.79 Å². The number of nitrogens with two attached hydrogens (primary N) is 1. The highest BCUT2D eigenvalue weighted by atomic mass is 16.1. The summed E-state index contributed by atoms with van der Waals surface area (Å²) in [6.07, 6.45) is 3.43. The first kappa shape index (κ1) is 12.2. The van der Waals surface area contributed by atoms with Crippen LogP contribution < -0.4 is 16.4 Å². The van der Waals surface area contributed by atoms with E-state index in [-0.39, 0.29) is 12.5 Å². The van der Waals surface area contributed by atoms with Crippen LogP contribution in [0.25, 0.3) is 10.8 Å². The quantitative estimate of drug-likeness (QED) is 0.709. The number of amides is 1. The molecule has 2 aromatic rings. The van der Waals surface area contributed by atoms with Crippen molar-refractivity contribution in [1.29, 1.82) is 0 Å². The second-order valence-electron chi connectivity index (χ2n) is 3.93. The zero-order valence-corrected chi connectivity index (χ0v) is 10.2. The van der Waals surface area contributed by atoms with Crippen LogP contribution in [0.2, 0.25) is 0 Å². The fourth-order valence-electron chi connectivity index (χ4n) is 1.80. The molecule has 1 amide bonds. The first-order valence-electron chi connectivity index (χ1n) is 5.85. The Bertz CT molecular complexity index is 568. The second-order valence-corrected chi connectivity index (χ2v) is 3.93. The van der Waals surface area contributed by atoms with Crippen LogP contribution in [-0.4, -0.2) is 24.0 Å². The van der Waals surface area contributed by atoms with Gasteiger partial charge in [-0.15, -0.1) is 0 Å². The number of aromatic nitrogens is 1. The average molecular weight is 244 g/mol. The Balaban J connectivity index is 2.24. The molecule has 1 aromatic carbocycles. The van der Waals surface area contributed by atoms with E-state index in [1.165, 1.54) is 0 Å². The number of nitrogen functional groups attached to an aromatic ring is 1. The van der Waals surface area contributed by atoms with E-state index in [1.54, 1.807) is 12.4 Å². The molecule has 0 fully saturated rings. The summed E-state index contributed by atoms with van der Waals surface area (Å²) < 4.78 is 0. The van der Waals surface area contributed by atoms with Crippen molar-refractivity contribution >= 4 is 28.1 Å². The van der Waals surface area contributed by atoms with E-state index in [4.69, 9.17) is 5.73 Å². The van der Waals surface area contributed by atoms with Crippen LogP contribution >= 0.6 is 0 Å². The number of nitrogens with one attached hydrogen (secondary N) is 2. The molecule has 0 unspecified atom stereocenters. The van der Waals surface area contributed by atoms with Gasteiger partial charge in [-0.3, -0.25) is 9.78 Å². The number of anilines is 2. The molecule has 1 aromatic heterocycles. The molecule has 18 heavy (non-hydrogen) atoms. The maximum absolute atomic E-state index is 11.4. The summed E-state index contributed by atoms with van der Waals surface area (Å²) >= 11 is 0. The maximum Gasteiger partial charge on any atom is 0.239 e. The van der Waals surface area contributed by atoms with E-state index in [1.807, 2.05) is 25.1 Å². The number of hydrogen-bond acceptors (Lipinski definition) is 4. The van der Waals surface area contributed by atoms with E-state index in [0.29, 0.717) is 12.2 Å². The van der Waals surface area contributed by atoms with Crippen LogP contribution in [0, 0.1) is 0 Å². The summed E-state index contributed by atoms with van der Waals surface area (Å²) in [6.45, 7) is 2.77. The molecular formula is C13H16N4O. The van der Waals surface area contributed by atoms with Crippen LogP contribution in [0.4, 0.5) is 11.4 Å². The molecule has 0 spiro atoms. The lowest BCUT2D eigenvalue weighted by atomic mass is 10.1. The van der Waals surface area contributed by atoms with Crippen molar-refractivity contribution in [2.75, 3.05) is 24.1 Å². The fourth-order valence-corrected chi connectivity index (χ4v) is 1.80. The third-order valence-corrected chi connectivity index (χ3v) is 2.67. The number of hydrogen-bond donors (Lipinski definition) is 3. The van der Waals surface area contributed by atoms with E-state index in [0.717, 1.165) is 16.5 Å². The number of carbonyl (C=O) groups is 1. The van der Waals surface area contributed by atoms with Crippen LogP contribution in [0.3, 0.4) is 0 Å². The van der Waals surface area contributed by atoms with Crippen molar-refractivity contribution in [2.24, 2.45) is 0 Å². The van der Waals surface area contributed by atoms with Crippen molar-refractivity contribution in [3.05, 3.63) is 30.6 Å². The Morgan fingerprint density at radius 1 is 1.33 bits per heavy atom. The summed E-state index contributed by atoms with van der Waals surface area (Å²) in [6, 6.07) is 5.56. The number of nitrogens with zero attached hydrogens (tertiary/aromatic N) is 1. The molecule has 4 N–H and O–H groups in total. The largest absolute Gasteiger partial charge is 0.398 e. The van der Waals surface area contributed by atoms with Gasteiger partial charge in [-0.25, -0.2) is 0 Å². The van der Waals surface area contributed by atoms with E-state index < -0.39 is 0 Å². The summed E-state index contributed by atoms with van der Waals surface area (Å²) in [5.74, 6) is -0.0310. The van der Waals surface area contributed by atoms with Gasteiger partial charge in [0.2, 0.25) is 5.91 Å². The fraction of sp³-hybridized carbons (Fsp3) is 0.231. The summed E-state index contributed by atoms with van der Waals surface area (Å²) in [7, 11) is 0. The topological polar surface area (TPSA) is 80.0 Å². The average Bonchev–Trinajstić information content (AvgIpc) is 2.39. The highest BCUT2D eigenvalue weighted by Gasteiger charge is 2.05. The summed E-state index contributed by atoms with van der Waals surface area (Å²) in [5.41, 5.74) is 7.45. The molecule has 0 radical (unpaired) electrons. The monoisotopic (exact) mass is 244 g/mol. The molecule has 5 nitrogen and oxygen atoms in total. The lowest BCUT2D eigenvalue weighted by Gasteiger charge is -2.10. The minimum absolute atomic E-state index is 0.0310. The standard InChI is InChI=1S/C13H16N4O/c1-2-16-13(18)8-17-12-4-3-11(14)10-7-15-6-5-9(10)12/h3-7,17H,2,8,14H2,1H3,(H,16,18). The van der Waals surface area contributed by atoms with Gasteiger partial charge in [0.15, 0.2) is 0 Å². The predicted molar refractivity (Wildman–Crippen MR) is 73.3 cm³/mol. The zero-order chi connectivity index (χ0) is 13.0. The smallest absolute Gasteiger partial charge is 0.239 e. The molecular weight excluding hydrogens is 228 g/mol. The first-order chi connectivity index (χ1) is 8.72. The van der Waals surface area contributed by atoms with Gasteiger partial charge in [0.05, 0.1) is 6.54 Å². The van der Waals surface area contributed by atoms with Gasteiger partial charge in [0, 0.05) is 41.1 Å². The SMILES string of the molecule is CCNC(=O)CNc1ccc(N)c2cnccc12. The maximum atomic E-state index is 11.4. The Kier molecular flexibility index (Phi) is 3.62. The van der Waals surface area contributed by atoms with E-state index in [9.17, 15) is 4.79 Å². The molecule has 0 aliphatic heterocycles. The van der Waals surface area contributed by atoms with Crippen LogP contribution in [0.5, 0.6) is 0 Å². The highest BCUT2D eigenvalue weighted by Crippen LogP contribution is 2.27. The van der Waals surface area contributed by atoms with Gasteiger partial charge in [0.1, 0.15) is 0 Å². The van der Waals surface area contributed by atoms with Gasteiger partial charge in [-0.2, -0.15) is 0 Å². The van der Waals surface area contributed by atoms with Crippen LogP contribution in [0.1, 0.15) is 6.92 Å². The normalized spacial score (nSPS) is 10.3. The first-order valence-corrected chi connectivity index (χ1v) is 5.85. The minimum Gasteiger partial charge on any atom is -0.398 e. The highest BCUT2D eigenvalue weighted by molar-refractivity contribution is 6.01. The third-order valence-electron chi connectivity index (χ3n) is 2.67. The molecule has 0 atom stereocenters. The Labute approximate surface area is 105 Å². The third kappa shape index (κ3) is 2.51. The second kappa shape index (κ2) is 5.35. The summed E-state index contributed by atoms with van der Waals surface area (Å²) in [4.78, 5) is 15.5. The van der Waals surface area contributed by atoms with Crippen molar-refractivity contribution in [3.63, 3.8) is 0 Å². The number of rotatable bonds is 4.